The topological polar surface area (TPSA) is 74.8 Å². The number of ether oxygens (including phenoxy) is 1. The van der Waals surface area contributed by atoms with Gasteiger partial charge in [-0.05, 0) is 38.0 Å². The lowest BCUT2D eigenvalue weighted by molar-refractivity contribution is -0.122. The highest BCUT2D eigenvalue weighted by Gasteiger charge is 2.35. The molecule has 3 unspecified atom stereocenters. The first kappa shape index (κ1) is 21.9. The summed E-state index contributed by atoms with van der Waals surface area (Å²) >= 11 is 1.43. The Bertz CT molecular complexity index is 919. The molecule has 0 spiro atoms. The van der Waals surface area contributed by atoms with Crippen molar-refractivity contribution in [3.8, 4) is 0 Å². The van der Waals surface area contributed by atoms with Gasteiger partial charge in [-0.3, -0.25) is 14.5 Å². The van der Waals surface area contributed by atoms with Gasteiger partial charge in [-0.15, -0.1) is 11.3 Å². The second kappa shape index (κ2) is 9.46. The Morgan fingerprint density at radius 3 is 2.58 bits per heavy atom. The quantitative estimate of drug-likeness (QED) is 0.743. The minimum atomic E-state index is -0.369. The van der Waals surface area contributed by atoms with Gasteiger partial charge >= 0.3 is 0 Å². The fourth-order valence-corrected chi connectivity index (χ4v) is 5.04. The van der Waals surface area contributed by atoms with Gasteiger partial charge in [0.05, 0.1) is 23.8 Å². The summed E-state index contributed by atoms with van der Waals surface area (Å²) in [4.78, 5) is 33.9. The van der Waals surface area contributed by atoms with Gasteiger partial charge in [0.1, 0.15) is 0 Å². The van der Waals surface area contributed by atoms with Crippen LogP contribution in [0, 0.1) is 5.92 Å². The number of morpholine rings is 1. The number of carbonyl (C=O) groups is 2. The molecule has 166 valence electrons. The van der Waals surface area contributed by atoms with Crippen LogP contribution in [0.15, 0.2) is 29.6 Å². The molecule has 1 aromatic carbocycles. The number of nitrogens with zero attached hydrogens (tertiary/aromatic N) is 3. The van der Waals surface area contributed by atoms with E-state index in [4.69, 9.17) is 4.74 Å². The van der Waals surface area contributed by atoms with Crippen LogP contribution in [0.5, 0.6) is 0 Å². The Hall–Kier alpha value is -2.29. The molecule has 2 saturated heterocycles. The van der Waals surface area contributed by atoms with Crippen LogP contribution in [-0.4, -0.2) is 53.5 Å². The minimum Gasteiger partial charge on any atom is -0.373 e. The number of benzene rings is 1. The predicted octanol–water partition coefficient (Wildman–Crippen LogP) is 3.31. The fraction of sp³-hybridized carbons (Fsp3) is 0.522. The maximum atomic E-state index is 12.8. The molecular weight excluding hydrogens is 412 g/mol. The number of hydrogen-bond acceptors (Lipinski definition) is 6. The van der Waals surface area contributed by atoms with Crippen LogP contribution in [0.1, 0.15) is 38.4 Å². The van der Waals surface area contributed by atoms with E-state index in [9.17, 15) is 9.59 Å². The van der Waals surface area contributed by atoms with Crippen LogP contribution >= 0.6 is 11.3 Å². The summed E-state index contributed by atoms with van der Waals surface area (Å²) in [5.74, 6) is -0.526. The number of carbonyl (C=O) groups excluding carboxylic acids is 2. The van der Waals surface area contributed by atoms with Crippen molar-refractivity contribution in [2.24, 2.45) is 5.92 Å². The molecule has 7 nitrogen and oxygen atoms in total. The van der Waals surface area contributed by atoms with E-state index in [0.29, 0.717) is 11.7 Å². The lowest BCUT2D eigenvalue weighted by atomic mass is 10.1. The van der Waals surface area contributed by atoms with Gasteiger partial charge in [0.2, 0.25) is 11.8 Å². The van der Waals surface area contributed by atoms with Crippen molar-refractivity contribution in [3.63, 3.8) is 0 Å². The van der Waals surface area contributed by atoms with Crippen molar-refractivity contribution in [1.82, 2.24) is 9.88 Å². The zero-order valence-electron chi connectivity index (χ0n) is 18.3. The summed E-state index contributed by atoms with van der Waals surface area (Å²) < 4.78 is 5.78. The lowest BCUT2D eigenvalue weighted by Crippen LogP contribution is -2.44. The molecule has 0 aliphatic carbocycles. The number of anilines is 2. The van der Waals surface area contributed by atoms with Crippen molar-refractivity contribution in [2.75, 3.05) is 29.9 Å². The molecule has 3 atom stereocenters. The highest BCUT2D eigenvalue weighted by Crippen LogP contribution is 2.27. The van der Waals surface area contributed by atoms with Crippen LogP contribution in [0.25, 0.3) is 0 Å². The second-order valence-electron chi connectivity index (χ2n) is 8.51. The normalized spacial score (nSPS) is 24.5. The summed E-state index contributed by atoms with van der Waals surface area (Å²) in [7, 11) is 0. The van der Waals surface area contributed by atoms with Crippen LogP contribution in [0.4, 0.5) is 10.8 Å². The Balaban J connectivity index is 1.33. The zero-order chi connectivity index (χ0) is 22.0. The van der Waals surface area contributed by atoms with Crippen molar-refractivity contribution in [1.29, 1.82) is 0 Å². The Morgan fingerprint density at radius 1 is 1.19 bits per heavy atom. The molecule has 4 rings (SSSR count). The number of nitrogens with one attached hydrogen (secondary N) is 1. The summed E-state index contributed by atoms with van der Waals surface area (Å²) in [6.45, 7) is 9.17. The highest BCUT2D eigenvalue weighted by molar-refractivity contribution is 7.13. The van der Waals surface area contributed by atoms with Crippen LogP contribution in [0.2, 0.25) is 0 Å². The second-order valence-corrected chi connectivity index (χ2v) is 9.37. The average molecular weight is 443 g/mol. The molecule has 1 aromatic heterocycles. The smallest absolute Gasteiger partial charge is 0.231 e. The van der Waals surface area contributed by atoms with Crippen molar-refractivity contribution in [2.45, 2.75) is 52.4 Å². The first-order valence-corrected chi connectivity index (χ1v) is 11.8. The molecule has 31 heavy (non-hydrogen) atoms. The average Bonchev–Trinajstić information content (AvgIpc) is 3.33. The molecule has 0 bridgehead atoms. The molecule has 1 N–H and O–H groups in total. The first-order chi connectivity index (χ1) is 14.9. The lowest BCUT2D eigenvalue weighted by Gasteiger charge is -2.34. The minimum absolute atomic E-state index is 0.0141. The molecule has 2 aliphatic rings. The summed E-state index contributed by atoms with van der Waals surface area (Å²) in [5.41, 5.74) is 3.02. The number of hydrogen-bond donors (Lipinski definition) is 1. The van der Waals surface area contributed by atoms with Gasteiger partial charge in [-0.2, -0.15) is 0 Å². The van der Waals surface area contributed by atoms with Gasteiger partial charge in [0.25, 0.3) is 0 Å². The molecule has 0 radical (unpaired) electrons. The van der Waals surface area contributed by atoms with Gasteiger partial charge in [-0.25, -0.2) is 4.98 Å². The zero-order valence-corrected chi connectivity index (χ0v) is 19.2. The maximum Gasteiger partial charge on any atom is 0.231 e. The molecule has 2 fully saturated rings. The largest absolute Gasteiger partial charge is 0.373 e. The Labute approximate surface area is 187 Å². The van der Waals surface area contributed by atoms with E-state index in [2.05, 4.69) is 36.0 Å². The van der Waals surface area contributed by atoms with Gasteiger partial charge in [-0.1, -0.05) is 19.1 Å². The standard InChI is InChI=1S/C23H30N4O3S/c1-4-17-5-7-20(8-6-17)27-12-18(9-21(27)28)22(29)25-23-24-19(14-31-23)13-26-10-15(2)30-16(3)11-26/h5-8,14-16,18H,4,9-13H2,1-3H3,(H,24,25,29). The van der Waals surface area contributed by atoms with E-state index in [1.807, 2.05) is 29.6 Å². The van der Waals surface area contributed by atoms with Gasteiger partial charge < -0.3 is 15.0 Å². The van der Waals surface area contributed by atoms with Crippen LogP contribution < -0.4 is 10.2 Å². The summed E-state index contributed by atoms with van der Waals surface area (Å²) in [5, 5.41) is 5.49. The molecule has 3 heterocycles. The number of aromatic nitrogens is 1. The van der Waals surface area contributed by atoms with Gasteiger partial charge in [0, 0.05) is 43.7 Å². The first-order valence-electron chi connectivity index (χ1n) is 10.9. The third-order valence-electron chi connectivity index (χ3n) is 5.81. The van der Waals surface area contributed by atoms with Crippen molar-refractivity contribution >= 4 is 34.0 Å². The van der Waals surface area contributed by atoms with E-state index < -0.39 is 0 Å². The van der Waals surface area contributed by atoms with E-state index in [1.165, 1.54) is 16.9 Å². The third kappa shape index (κ3) is 5.31. The number of amides is 2. The SMILES string of the molecule is CCc1ccc(N2CC(C(=O)Nc3nc(CN4CC(C)OC(C)C4)cs3)CC2=O)cc1. The molecule has 2 aromatic rings. The van der Waals surface area contributed by atoms with E-state index in [-0.39, 0.29) is 36.4 Å². The fourth-order valence-electron chi connectivity index (χ4n) is 4.33. The maximum absolute atomic E-state index is 12.8. The van der Waals surface area contributed by atoms with Crippen LogP contribution in [-0.2, 0) is 27.3 Å². The van der Waals surface area contributed by atoms with Crippen LogP contribution in [0.3, 0.4) is 0 Å². The number of rotatable bonds is 6. The Kier molecular flexibility index (Phi) is 6.69. The van der Waals surface area contributed by atoms with Crippen molar-refractivity contribution in [3.05, 3.63) is 40.9 Å². The molecule has 0 saturated carbocycles. The molecule has 8 heteroatoms. The number of thiazole rings is 1. The number of aryl methyl sites for hydroxylation is 1. The molecular formula is C23H30N4O3S. The van der Waals surface area contributed by atoms with Crippen molar-refractivity contribution < 1.29 is 14.3 Å². The predicted molar refractivity (Wildman–Crippen MR) is 122 cm³/mol. The van der Waals surface area contributed by atoms with E-state index in [0.717, 1.165) is 37.4 Å². The Morgan fingerprint density at radius 2 is 1.90 bits per heavy atom. The van der Waals surface area contributed by atoms with Gasteiger partial charge in [0.15, 0.2) is 5.13 Å². The molecule has 2 amide bonds. The summed E-state index contributed by atoms with van der Waals surface area (Å²) in [6.07, 6.45) is 1.60. The monoisotopic (exact) mass is 442 g/mol. The molecule has 2 aliphatic heterocycles. The van der Waals surface area contributed by atoms with E-state index >= 15 is 0 Å². The van der Waals surface area contributed by atoms with E-state index in [1.54, 1.807) is 4.90 Å². The summed E-state index contributed by atoms with van der Waals surface area (Å²) in [6, 6.07) is 7.97. The third-order valence-corrected chi connectivity index (χ3v) is 6.62. The highest BCUT2D eigenvalue weighted by atomic mass is 32.1.